The molecule has 138 valence electrons. The average Bonchev–Trinajstić information content (AvgIpc) is 2.61. The van der Waals surface area contributed by atoms with Crippen molar-refractivity contribution < 1.29 is 9.59 Å². The molecule has 0 radical (unpaired) electrons. The Kier molecular flexibility index (Phi) is 6.56. The van der Waals surface area contributed by atoms with Gasteiger partial charge >= 0.3 is 0 Å². The van der Waals surface area contributed by atoms with Gasteiger partial charge in [-0.2, -0.15) is 0 Å². The Hall–Kier alpha value is -2.62. The third-order valence-electron chi connectivity index (χ3n) is 4.43. The third kappa shape index (κ3) is 5.73. The van der Waals surface area contributed by atoms with Gasteiger partial charge in [0.05, 0.1) is 0 Å². The highest BCUT2D eigenvalue weighted by molar-refractivity contribution is 5.94. The summed E-state index contributed by atoms with van der Waals surface area (Å²) in [6.45, 7) is 7.31. The molecular formula is C22H28N2O2. The zero-order valence-corrected chi connectivity index (χ0v) is 15.9. The van der Waals surface area contributed by atoms with E-state index in [1.54, 1.807) is 4.90 Å². The van der Waals surface area contributed by atoms with Crippen molar-refractivity contribution in [2.24, 2.45) is 5.73 Å². The van der Waals surface area contributed by atoms with Crippen molar-refractivity contribution in [3.63, 3.8) is 0 Å². The number of benzene rings is 2. The first-order valence-corrected chi connectivity index (χ1v) is 8.99. The van der Waals surface area contributed by atoms with Crippen molar-refractivity contribution in [2.45, 2.75) is 39.0 Å². The summed E-state index contributed by atoms with van der Waals surface area (Å²) in [4.78, 5) is 25.8. The van der Waals surface area contributed by atoms with Crippen LogP contribution in [0.2, 0.25) is 0 Å². The summed E-state index contributed by atoms with van der Waals surface area (Å²) >= 11 is 0. The quantitative estimate of drug-likeness (QED) is 0.828. The predicted octanol–water partition coefficient (Wildman–Crippen LogP) is 3.54. The fourth-order valence-corrected chi connectivity index (χ4v) is 2.76. The average molecular weight is 352 g/mol. The number of hydrogen-bond donors (Lipinski definition) is 1. The van der Waals surface area contributed by atoms with E-state index in [1.807, 2.05) is 54.6 Å². The fourth-order valence-electron chi connectivity index (χ4n) is 2.76. The van der Waals surface area contributed by atoms with Crippen molar-refractivity contribution in [3.05, 3.63) is 71.3 Å². The van der Waals surface area contributed by atoms with E-state index in [0.29, 0.717) is 18.7 Å². The molecule has 0 saturated heterocycles. The van der Waals surface area contributed by atoms with Gasteiger partial charge in [-0.15, -0.1) is 0 Å². The number of hydrogen-bond acceptors (Lipinski definition) is 2. The van der Waals surface area contributed by atoms with E-state index in [1.165, 1.54) is 5.56 Å². The van der Waals surface area contributed by atoms with Gasteiger partial charge in [0.15, 0.2) is 0 Å². The Morgan fingerprint density at radius 1 is 0.923 bits per heavy atom. The maximum atomic E-state index is 12.9. The lowest BCUT2D eigenvalue weighted by molar-refractivity contribution is -0.118. The first kappa shape index (κ1) is 19.7. The molecule has 4 heteroatoms. The van der Waals surface area contributed by atoms with E-state index in [9.17, 15) is 9.59 Å². The lowest BCUT2D eigenvalue weighted by Gasteiger charge is -2.23. The molecule has 0 unspecified atom stereocenters. The van der Waals surface area contributed by atoms with Crippen LogP contribution < -0.4 is 5.73 Å². The minimum Gasteiger partial charge on any atom is -0.370 e. The van der Waals surface area contributed by atoms with Gasteiger partial charge in [-0.25, -0.2) is 0 Å². The molecule has 0 saturated carbocycles. The molecule has 2 N–H and O–H groups in total. The SMILES string of the molecule is CC(C)(C)c1ccc(C(=O)N(CCC(N)=O)CCc2ccccc2)cc1. The van der Waals surface area contributed by atoms with Crippen molar-refractivity contribution >= 4 is 11.8 Å². The van der Waals surface area contributed by atoms with Crippen LogP contribution in [-0.2, 0) is 16.6 Å². The second kappa shape index (κ2) is 8.65. The molecule has 26 heavy (non-hydrogen) atoms. The number of nitrogens with zero attached hydrogens (tertiary/aromatic N) is 1. The summed E-state index contributed by atoms with van der Waals surface area (Å²) in [6.07, 6.45) is 0.909. The Bertz CT molecular complexity index is 731. The summed E-state index contributed by atoms with van der Waals surface area (Å²) in [5.41, 5.74) is 8.30. The van der Waals surface area contributed by atoms with Gasteiger partial charge in [0, 0.05) is 25.1 Å². The van der Waals surface area contributed by atoms with E-state index in [-0.39, 0.29) is 17.7 Å². The molecule has 0 aromatic heterocycles. The normalized spacial score (nSPS) is 11.2. The molecule has 2 aromatic rings. The predicted molar refractivity (Wildman–Crippen MR) is 105 cm³/mol. The van der Waals surface area contributed by atoms with Crippen LogP contribution in [0.5, 0.6) is 0 Å². The van der Waals surface area contributed by atoms with Crippen LogP contribution in [0.25, 0.3) is 0 Å². The zero-order valence-electron chi connectivity index (χ0n) is 15.9. The Morgan fingerprint density at radius 2 is 1.54 bits per heavy atom. The fraction of sp³-hybridized carbons (Fsp3) is 0.364. The smallest absolute Gasteiger partial charge is 0.253 e. The Labute approximate surface area is 156 Å². The number of rotatable bonds is 7. The van der Waals surface area contributed by atoms with E-state index < -0.39 is 5.91 Å². The maximum Gasteiger partial charge on any atom is 0.253 e. The van der Waals surface area contributed by atoms with Gasteiger partial charge in [-0.1, -0.05) is 63.2 Å². The maximum absolute atomic E-state index is 12.9. The number of carbonyl (C=O) groups excluding carboxylic acids is 2. The summed E-state index contributed by atoms with van der Waals surface area (Å²) in [7, 11) is 0. The molecule has 2 aromatic carbocycles. The molecule has 0 spiro atoms. The van der Waals surface area contributed by atoms with Crippen LogP contribution in [0.1, 0.15) is 48.7 Å². The van der Waals surface area contributed by atoms with Gasteiger partial charge in [0.2, 0.25) is 5.91 Å². The first-order chi connectivity index (χ1) is 12.3. The minimum absolute atomic E-state index is 0.0422. The zero-order chi connectivity index (χ0) is 19.2. The largest absolute Gasteiger partial charge is 0.370 e. The first-order valence-electron chi connectivity index (χ1n) is 8.99. The summed E-state index contributed by atoms with van der Waals surface area (Å²) in [5.74, 6) is -0.465. The number of nitrogens with two attached hydrogens (primary N) is 1. The molecule has 0 atom stereocenters. The second-order valence-corrected chi connectivity index (χ2v) is 7.57. The van der Waals surface area contributed by atoms with Crippen molar-refractivity contribution in [1.29, 1.82) is 0 Å². The number of primary amides is 1. The van der Waals surface area contributed by atoms with Crippen LogP contribution in [0.3, 0.4) is 0 Å². The second-order valence-electron chi connectivity index (χ2n) is 7.57. The van der Waals surface area contributed by atoms with Crippen molar-refractivity contribution in [2.75, 3.05) is 13.1 Å². The van der Waals surface area contributed by atoms with Gasteiger partial charge in [-0.05, 0) is 35.1 Å². The minimum atomic E-state index is -0.398. The number of carbonyl (C=O) groups is 2. The molecule has 0 aliphatic rings. The summed E-state index contributed by atoms with van der Waals surface area (Å²) < 4.78 is 0. The standard InChI is InChI=1S/C22H28N2O2/c1-22(2,3)19-11-9-18(10-12-19)21(26)24(16-14-20(23)25)15-13-17-7-5-4-6-8-17/h4-12H,13-16H2,1-3H3,(H2,23,25). The molecule has 4 nitrogen and oxygen atoms in total. The number of amides is 2. The van der Waals surface area contributed by atoms with E-state index in [4.69, 9.17) is 5.73 Å². The van der Waals surface area contributed by atoms with Gasteiger partial charge in [0.1, 0.15) is 0 Å². The topological polar surface area (TPSA) is 63.4 Å². The Morgan fingerprint density at radius 3 is 2.08 bits per heavy atom. The van der Waals surface area contributed by atoms with Gasteiger partial charge < -0.3 is 10.6 Å². The molecule has 0 aliphatic heterocycles. The van der Waals surface area contributed by atoms with Crippen LogP contribution in [0.15, 0.2) is 54.6 Å². The van der Waals surface area contributed by atoms with Gasteiger partial charge in [0.25, 0.3) is 5.91 Å². The molecule has 2 rings (SSSR count). The van der Waals surface area contributed by atoms with Gasteiger partial charge in [-0.3, -0.25) is 9.59 Å². The summed E-state index contributed by atoms with van der Waals surface area (Å²) in [6, 6.07) is 17.7. The Balaban J connectivity index is 2.12. The van der Waals surface area contributed by atoms with Crippen LogP contribution in [-0.4, -0.2) is 29.8 Å². The van der Waals surface area contributed by atoms with Crippen molar-refractivity contribution in [1.82, 2.24) is 4.90 Å². The van der Waals surface area contributed by atoms with E-state index in [2.05, 4.69) is 20.8 Å². The van der Waals surface area contributed by atoms with Crippen LogP contribution in [0.4, 0.5) is 0 Å². The van der Waals surface area contributed by atoms with Crippen molar-refractivity contribution in [3.8, 4) is 0 Å². The highest BCUT2D eigenvalue weighted by atomic mass is 16.2. The molecular weight excluding hydrogens is 324 g/mol. The monoisotopic (exact) mass is 352 g/mol. The molecule has 2 amide bonds. The molecule has 0 heterocycles. The highest BCUT2D eigenvalue weighted by Crippen LogP contribution is 2.22. The highest BCUT2D eigenvalue weighted by Gasteiger charge is 2.18. The lowest BCUT2D eigenvalue weighted by atomic mass is 9.86. The lowest BCUT2D eigenvalue weighted by Crippen LogP contribution is -2.35. The molecule has 0 bridgehead atoms. The van der Waals surface area contributed by atoms with Crippen LogP contribution in [0, 0.1) is 0 Å². The van der Waals surface area contributed by atoms with Crippen LogP contribution >= 0.6 is 0 Å². The molecule has 0 aliphatic carbocycles. The van der Waals surface area contributed by atoms with E-state index >= 15 is 0 Å². The third-order valence-corrected chi connectivity index (χ3v) is 4.43. The van der Waals surface area contributed by atoms with E-state index in [0.717, 1.165) is 12.0 Å². The summed E-state index contributed by atoms with van der Waals surface area (Å²) in [5, 5.41) is 0. The molecule has 0 fully saturated rings.